The molecule has 0 aliphatic carbocycles. The van der Waals surface area contributed by atoms with Crippen molar-refractivity contribution >= 4 is 7.60 Å². The molecule has 2 unspecified atom stereocenters. The number of hydrogen-bond donors (Lipinski definition) is 3. The highest BCUT2D eigenvalue weighted by atomic mass is 31.2. The van der Waals surface area contributed by atoms with Crippen LogP contribution in [0.25, 0.3) is 0 Å². The molecule has 128 valence electrons. The average Bonchev–Trinajstić information content (AvgIpc) is 2.84. The Morgan fingerprint density at radius 3 is 2.83 bits per heavy atom. The molecule has 0 aromatic carbocycles. The SMILES string of the molecule is Cc1cn(C2C[C@H](O)[C@@H]([C@H]3OCCOP3(=O)O)O2)c(=O)[nH]c1=O. The summed E-state index contributed by atoms with van der Waals surface area (Å²) in [6.45, 7) is 1.61. The van der Waals surface area contributed by atoms with Crippen LogP contribution in [-0.2, 0) is 18.6 Å². The molecule has 3 rings (SSSR count). The van der Waals surface area contributed by atoms with Gasteiger partial charge in [0, 0.05) is 18.2 Å². The predicted octanol–water partition coefficient (Wildman–Crippen LogP) is -0.948. The lowest BCUT2D eigenvalue weighted by atomic mass is 10.2. The number of aliphatic hydroxyl groups excluding tert-OH is 1. The van der Waals surface area contributed by atoms with Crippen molar-refractivity contribution in [2.75, 3.05) is 13.2 Å². The Kier molecular flexibility index (Phi) is 4.30. The summed E-state index contributed by atoms with van der Waals surface area (Å²) in [4.78, 5) is 35.2. The molecular formula is C12H17N2O8P. The molecule has 23 heavy (non-hydrogen) atoms. The molecule has 0 bridgehead atoms. The van der Waals surface area contributed by atoms with Gasteiger partial charge in [-0.05, 0) is 6.92 Å². The van der Waals surface area contributed by atoms with Crippen LogP contribution in [0.2, 0.25) is 0 Å². The highest BCUT2D eigenvalue weighted by Crippen LogP contribution is 2.54. The van der Waals surface area contributed by atoms with Crippen molar-refractivity contribution in [2.45, 2.75) is 37.6 Å². The summed E-state index contributed by atoms with van der Waals surface area (Å²) in [5, 5.41) is 10.1. The number of aromatic amines is 1. The van der Waals surface area contributed by atoms with Crippen LogP contribution in [0.3, 0.4) is 0 Å². The van der Waals surface area contributed by atoms with Gasteiger partial charge in [0.2, 0.25) is 0 Å². The maximum atomic E-state index is 12.0. The summed E-state index contributed by atoms with van der Waals surface area (Å²) in [5.74, 6) is -1.32. The fraction of sp³-hybridized carbons (Fsp3) is 0.667. The second kappa shape index (κ2) is 5.97. The first-order valence-corrected chi connectivity index (χ1v) is 8.68. The number of aromatic nitrogens is 2. The molecule has 11 heteroatoms. The molecule has 2 aliphatic heterocycles. The average molecular weight is 348 g/mol. The van der Waals surface area contributed by atoms with Crippen LogP contribution < -0.4 is 11.2 Å². The maximum absolute atomic E-state index is 12.0. The van der Waals surface area contributed by atoms with Crippen LogP contribution in [0.1, 0.15) is 18.2 Å². The molecule has 0 amide bonds. The van der Waals surface area contributed by atoms with Crippen LogP contribution >= 0.6 is 7.60 Å². The first-order chi connectivity index (χ1) is 10.8. The van der Waals surface area contributed by atoms with E-state index in [0.29, 0.717) is 5.56 Å². The van der Waals surface area contributed by atoms with Gasteiger partial charge in [-0.25, -0.2) is 4.79 Å². The second-order valence-electron chi connectivity index (χ2n) is 5.50. The molecule has 1 aromatic rings. The number of aryl methyl sites for hydroxylation is 1. The maximum Gasteiger partial charge on any atom is 0.359 e. The number of hydrogen-bond acceptors (Lipinski definition) is 7. The van der Waals surface area contributed by atoms with E-state index in [2.05, 4.69) is 4.98 Å². The summed E-state index contributed by atoms with van der Waals surface area (Å²) in [6.07, 6.45) is -1.79. The zero-order valence-electron chi connectivity index (χ0n) is 12.2. The van der Waals surface area contributed by atoms with E-state index in [1.54, 1.807) is 0 Å². The van der Waals surface area contributed by atoms with Crippen LogP contribution in [0.4, 0.5) is 0 Å². The van der Waals surface area contributed by atoms with Crippen molar-refractivity contribution in [1.29, 1.82) is 0 Å². The zero-order chi connectivity index (χ0) is 16.8. The largest absolute Gasteiger partial charge is 0.390 e. The third-order valence-corrected chi connectivity index (χ3v) is 5.48. The minimum atomic E-state index is -4.08. The monoisotopic (exact) mass is 348 g/mol. The first kappa shape index (κ1) is 16.6. The summed E-state index contributed by atoms with van der Waals surface area (Å²) in [6, 6.07) is 0. The molecule has 0 spiro atoms. The van der Waals surface area contributed by atoms with Gasteiger partial charge in [0.15, 0.2) is 5.85 Å². The van der Waals surface area contributed by atoms with E-state index in [-0.39, 0.29) is 19.6 Å². The van der Waals surface area contributed by atoms with Crippen LogP contribution in [0.15, 0.2) is 15.8 Å². The Hall–Kier alpha value is -1.29. The van der Waals surface area contributed by atoms with Gasteiger partial charge in [0.1, 0.15) is 12.3 Å². The Balaban J connectivity index is 1.87. The lowest BCUT2D eigenvalue weighted by molar-refractivity contribution is -0.102. The molecule has 1 aromatic heterocycles. The molecule has 2 fully saturated rings. The Bertz CT molecular complexity index is 758. The third-order valence-electron chi connectivity index (χ3n) is 3.84. The van der Waals surface area contributed by atoms with Gasteiger partial charge in [-0.3, -0.25) is 18.9 Å². The molecule has 2 aliphatic rings. The second-order valence-corrected chi connectivity index (χ2v) is 7.39. The van der Waals surface area contributed by atoms with Gasteiger partial charge >= 0.3 is 13.3 Å². The molecule has 0 saturated carbocycles. The van der Waals surface area contributed by atoms with Crippen molar-refractivity contribution in [3.05, 3.63) is 32.6 Å². The van der Waals surface area contributed by atoms with Crippen molar-refractivity contribution < 1.29 is 28.6 Å². The predicted molar refractivity (Wildman–Crippen MR) is 76.1 cm³/mol. The minimum absolute atomic E-state index is 0.00984. The van der Waals surface area contributed by atoms with Crippen LogP contribution in [0, 0.1) is 6.92 Å². The number of rotatable bonds is 2. The Morgan fingerprint density at radius 1 is 1.39 bits per heavy atom. The molecule has 10 nitrogen and oxygen atoms in total. The number of nitrogens with zero attached hydrogens (tertiary/aromatic N) is 1. The van der Waals surface area contributed by atoms with Gasteiger partial charge in [0.25, 0.3) is 5.56 Å². The van der Waals surface area contributed by atoms with Crippen LogP contribution in [-0.4, -0.2) is 50.8 Å². The Labute approximate surface area is 130 Å². The first-order valence-electron chi connectivity index (χ1n) is 7.04. The van der Waals surface area contributed by atoms with E-state index in [1.165, 1.54) is 13.1 Å². The minimum Gasteiger partial charge on any atom is -0.390 e. The van der Waals surface area contributed by atoms with Gasteiger partial charge in [0.05, 0.1) is 19.3 Å². The molecule has 0 radical (unpaired) electrons. The standard InChI is InChI=1S/C12H17N2O8P/c1-6-5-14(12(17)13-10(6)16)8-4-7(15)9(22-8)11-20-2-3-21-23(11,18)19/h5,7-9,11,15H,2-4H2,1H3,(H,18,19)(H,13,16,17)/t7-,8?,9-,11-/m0/s1. The van der Waals surface area contributed by atoms with Crippen LogP contribution in [0.5, 0.6) is 0 Å². The van der Waals surface area contributed by atoms with Gasteiger partial charge < -0.3 is 24.0 Å². The topological polar surface area (TPSA) is 140 Å². The highest BCUT2D eigenvalue weighted by molar-refractivity contribution is 7.53. The van der Waals surface area contributed by atoms with E-state index in [9.17, 15) is 24.2 Å². The van der Waals surface area contributed by atoms with Gasteiger partial charge in [-0.15, -0.1) is 0 Å². The quantitative estimate of drug-likeness (QED) is 0.581. The number of aliphatic hydroxyl groups is 1. The van der Waals surface area contributed by atoms with Gasteiger partial charge in [-0.1, -0.05) is 0 Å². The molecular weight excluding hydrogens is 331 g/mol. The fourth-order valence-electron chi connectivity index (χ4n) is 2.69. The smallest absolute Gasteiger partial charge is 0.359 e. The lowest BCUT2D eigenvalue weighted by Gasteiger charge is -2.32. The summed E-state index contributed by atoms with van der Waals surface area (Å²) in [7, 11) is -4.08. The van der Waals surface area contributed by atoms with Crippen molar-refractivity contribution in [3.8, 4) is 0 Å². The van der Waals surface area contributed by atoms with E-state index in [4.69, 9.17) is 14.0 Å². The van der Waals surface area contributed by atoms with Gasteiger partial charge in [-0.2, -0.15) is 0 Å². The summed E-state index contributed by atoms with van der Waals surface area (Å²) in [5.41, 5.74) is -0.895. The van der Waals surface area contributed by atoms with E-state index < -0.39 is 43.1 Å². The Morgan fingerprint density at radius 2 is 2.13 bits per heavy atom. The molecule has 3 N–H and O–H groups in total. The lowest BCUT2D eigenvalue weighted by Crippen LogP contribution is -2.40. The number of H-pyrrole nitrogens is 1. The fourth-order valence-corrected chi connectivity index (χ4v) is 4.11. The summed E-state index contributed by atoms with van der Waals surface area (Å²) < 4.78 is 28.8. The molecule has 5 atom stereocenters. The molecule has 3 heterocycles. The van der Waals surface area contributed by atoms with E-state index >= 15 is 0 Å². The van der Waals surface area contributed by atoms with Crippen molar-refractivity contribution in [3.63, 3.8) is 0 Å². The van der Waals surface area contributed by atoms with E-state index in [0.717, 1.165) is 4.57 Å². The normalized spacial score (nSPS) is 37.9. The number of nitrogens with one attached hydrogen (secondary N) is 1. The van der Waals surface area contributed by atoms with E-state index in [1.807, 2.05) is 0 Å². The zero-order valence-corrected chi connectivity index (χ0v) is 13.1. The highest BCUT2D eigenvalue weighted by Gasteiger charge is 2.50. The van der Waals surface area contributed by atoms with Crippen molar-refractivity contribution in [2.24, 2.45) is 0 Å². The number of ether oxygens (including phenoxy) is 2. The third kappa shape index (κ3) is 3.06. The molecule has 2 saturated heterocycles. The van der Waals surface area contributed by atoms with Crippen molar-refractivity contribution in [1.82, 2.24) is 9.55 Å². The summed E-state index contributed by atoms with van der Waals surface area (Å²) >= 11 is 0.